The van der Waals surface area contributed by atoms with Crippen molar-refractivity contribution in [3.63, 3.8) is 0 Å². The molecule has 2 heteroatoms. The Morgan fingerprint density at radius 1 is 0.333 bits per heavy atom. The van der Waals surface area contributed by atoms with Crippen LogP contribution in [0.1, 0.15) is 0 Å². The highest BCUT2D eigenvalue weighted by Crippen LogP contribution is 2.48. The highest BCUT2D eigenvalue weighted by molar-refractivity contribution is 7.25. The van der Waals surface area contributed by atoms with Gasteiger partial charge in [-0.05, 0) is 75.5 Å². The standard InChI is InChI=1S/C46H31NS/c1-4-14-32(15-5-1)37-24-27-43(41(29-37)33-16-6-2-7-17-33)47(38-25-26-40-39-22-12-13-23-45(39)48-46(40)31-38)44-30-36-21-11-10-20-35(36)28-42(44)34-18-8-3-9-19-34/h1-31H. The Labute approximate surface area is 284 Å². The van der Waals surface area contributed by atoms with Crippen LogP contribution in [0.25, 0.3) is 64.3 Å². The van der Waals surface area contributed by atoms with E-state index in [1.807, 2.05) is 11.3 Å². The Morgan fingerprint density at radius 2 is 0.896 bits per heavy atom. The predicted octanol–water partition coefficient (Wildman–Crippen LogP) is 13.7. The second-order valence-corrected chi connectivity index (χ2v) is 13.2. The van der Waals surface area contributed by atoms with E-state index in [-0.39, 0.29) is 0 Å². The maximum absolute atomic E-state index is 2.48. The van der Waals surface area contributed by atoms with Crippen molar-refractivity contribution in [2.75, 3.05) is 4.90 Å². The average Bonchev–Trinajstić information content (AvgIpc) is 3.54. The Bertz CT molecular complexity index is 2550. The quantitative estimate of drug-likeness (QED) is 0.177. The molecule has 0 bridgehead atoms. The third-order valence-corrected chi connectivity index (χ3v) is 10.4. The number of benzene rings is 8. The molecule has 0 saturated heterocycles. The van der Waals surface area contributed by atoms with Gasteiger partial charge in [-0.25, -0.2) is 0 Å². The molecule has 1 aromatic heterocycles. The SMILES string of the molecule is c1ccc(-c2ccc(N(c3ccc4c(c3)sc3ccccc34)c3cc4ccccc4cc3-c3ccccc3)c(-c3ccccc3)c2)cc1. The van der Waals surface area contributed by atoms with Gasteiger partial charge in [0, 0.05) is 37.0 Å². The normalized spacial score (nSPS) is 11.3. The molecule has 0 spiro atoms. The highest BCUT2D eigenvalue weighted by Gasteiger charge is 2.23. The number of rotatable bonds is 6. The highest BCUT2D eigenvalue weighted by atomic mass is 32.1. The molecule has 0 fully saturated rings. The summed E-state index contributed by atoms with van der Waals surface area (Å²) in [5, 5.41) is 5.04. The largest absolute Gasteiger partial charge is 0.309 e. The van der Waals surface area contributed by atoms with Crippen LogP contribution in [0.2, 0.25) is 0 Å². The summed E-state index contributed by atoms with van der Waals surface area (Å²) in [5.74, 6) is 0. The summed E-state index contributed by atoms with van der Waals surface area (Å²) in [5.41, 5.74) is 10.5. The lowest BCUT2D eigenvalue weighted by Gasteiger charge is -2.31. The smallest absolute Gasteiger partial charge is 0.0546 e. The monoisotopic (exact) mass is 629 g/mol. The minimum Gasteiger partial charge on any atom is -0.309 e. The van der Waals surface area contributed by atoms with Crippen molar-refractivity contribution in [1.29, 1.82) is 0 Å². The Hall–Kier alpha value is -5.96. The van der Waals surface area contributed by atoms with Crippen molar-refractivity contribution in [3.05, 3.63) is 188 Å². The second-order valence-electron chi connectivity index (χ2n) is 12.2. The van der Waals surface area contributed by atoms with Gasteiger partial charge in [-0.3, -0.25) is 0 Å². The molecular weight excluding hydrogens is 599 g/mol. The fraction of sp³-hybridized carbons (Fsp3) is 0. The number of fused-ring (bicyclic) bond motifs is 4. The summed E-state index contributed by atoms with van der Waals surface area (Å²) in [6.07, 6.45) is 0. The van der Waals surface area contributed by atoms with Crippen LogP contribution in [0.4, 0.5) is 17.1 Å². The molecule has 48 heavy (non-hydrogen) atoms. The molecule has 8 aromatic carbocycles. The van der Waals surface area contributed by atoms with Gasteiger partial charge in [0.15, 0.2) is 0 Å². The summed E-state index contributed by atoms with van der Waals surface area (Å²) in [6, 6.07) is 68.3. The van der Waals surface area contributed by atoms with E-state index in [1.54, 1.807) is 0 Å². The zero-order chi connectivity index (χ0) is 31.9. The minimum atomic E-state index is 1.13. The molecule has 0 unspecified atom stereocenters. The van der Waals surface area contributed by atoms with Crippen LogP contribution in [0.15, 0.2) is 188 Å². The van der Waals surface area contributed by atoms with Gasteiger partial charge < -0.3 is 4.90 Å². The van der Waals surface area contributed by atoms with E-state index >= 15 is 0 Å². The molecule has 0 aliphatic carbocycles. The number of thiophene rings is 1. The molecule has 9 rings (SSSR count). The van der Waals surface area contributed by atoms with Crippen molar-refractivity contribution in [1.82, 2.24) is 0 Å². The molecule has 9 aromatic rings. The van der Waals surface area contributed by atoms with Gasteiger partial charge in [-0.15, -0.1) is 11.3 Å². The number of hydrogen-bond acceptors (Lipinski definition) is 2. The lowest BCUT2D eigenvalue weighted by atomic mass is 9.94. The predicted molar refractivity (Wildman–Crippen MR) is 208 cm³/mol. The van der Waals surface area contributed by atoms with Gasteiger partial charge in [0.25, 0.3) is 0 Å². The van der Waals surface area contributed by atoms with Crippen LogP contribution in [0.3, 0.4) is 0 Å². The molecule has 0 saturated carbocycles. The minimum absolute atomic E-state index is 1.13. The molecule has 1 heterocycles. The van der Waals surface area contributed by atoms with E-state index in [9.17, 15) is 0 Å². The van der Waals surface area contributed by atoms with E-state index in [1.165, 1.54) is 64.3 Å². The Morgan fingerprint density at radius 3 is 1.60 bits per heavy atom. The van der Waals surface area contributed by atoms with E-state index in [0.717, 1.165) is 17.1 Å². The van der Waals surface area contributed by atoms with Crippen LogP contribution >= 0.6 is 11.3 Å². The topological polar surface area (TPSA) is 3.24 Å². The second kappa shape index (κ2) is 12.0. The maximum Gasteiger partial charge on any atom is 0.0546 e. The maximum atomic E-state index is 2.48. The first-order chi connectivity index (χ1) is 23.8. The third-order valence-electron chi connectivity index (χ3n) is 9.24. The summed E-state index contributed by atoms with van der Waals surface area (Å²) < 4.78 is 2.59. The fourth-order valence-corrected chi connectivity index (χ4v) is 8.05. The van der Waals surface area contributed by atoms with E-state index in [0.29, 0.717) is 0 Å². The molecule has 0 N–H and O–H groups in total. The lowest BCUT2D eigenvalue weighted by Crippen LogP contribution is -2.12. The third kappa shape index (κ3) is 5.04. The van der Waals surface area contributed by atoms with Gasteiger partial charge in [0.2, 0.25) is 0 Å². The van der Waals surface area contributed by atoms with Crippen molar-refractivity contribution in [2.24, 2.45) is 0 Å². The molecule has 0 aliphatic heterocycles. The van der Waals surface area contributed by atoms with Crippen molar-refractivity contribution in [2.45, 2.75) is 0 Å². The first kappa shape index (κ1) is 28.3. The van der Waals surface area contributed by atoms with E-state index in [2.05, 4.69) is 193 Å². The van der Waals surface area contributed by atoms with E-state index in [4.69, 9.17) is 0 Å². The van der Waals surface area contributed by atoms with Crippen LogP contribution in [0, 0.1) is 0 Å². The molecular formula is C46H31NS. The van der Waals surface area contributed by atoms with Gasteiger partial charge >= 0.3 is 0 Å². The van der Waals surface area contributed by atoms with Crippen LogP contribution in [-0.4, -0.2) is 0 Å². The first-order valence-corrected chi connectivity index (χ1v) is 17.2. The molecule has 0 aliphatic rings. The van der Waals surface area contributed by atoms with Gasteiger partial charge in [-0.2, -0.15) is 0 Å². The van der Waals surface area contributed by atoms with Crippen molar-refractivity contribution >= 4 is 59.3 Å². The zero-order valence-electron chi connectivity index (χ0n) is 26.3. The van der Waals surface area contributed by atoms with Crippen LogP contribution in [-0.2, 0) is 0 Å². The van der Waals surface area contributed by atoms with Crippen molar-refractivity contribution < 1.29 is 0 Å². The van der Waals surface area contributed by atoms with Crippen LogP contribution in [0.5, 0.6) is 0 Å². The molecule has 0 radical (unpaired) electrons. The van der Waals surface area contributed by atoms with Gasteiger partial charge in [-0.1, -0.05) is 146 Å². The Kier molecular flexibility index (Phi) is 7.07. The van der Waals surface area contributed by atoms with Gasteiger partial charge in [0.1, 0.15) is 0 Å². The summed E-state index contributed by atoms with van der Waals surface area (Å²) in [6.45, 7) is 0. The Balaban J connectivity index is 1.37. The first-order valence-electron chi connectivity index (χ1n) is 16.3. The summed E-state index contributed by atoms with van der Waals surface area (Å²) in [4.78, 5) is 2.48. The van der Waals surface area contributed by atoms with Crippen molar-refractivity contribution in [3.8, 4) is 33.4 Å². The average molecular weight is 630 g/mol. The number of anilines is 3. The van der Waals surface area contributed by atoms with Gasteiger partial charge in [0.05, 0.1) is 11.4 Å². The number of nitrogens with zero attached hydrogens (tertiary/aromatic N) is 1. The zero-order valence-corrected chi connectivity index (χ0v) is 27.1. The van der Waals surface area contributed by atoms with Crippen LogP contribution < -0.4 is 4.90 Å². The summed E-state index contributed by atoms with van der Waals surface area (Å²) >= 11 is 1.86. The molecule has 1 nitrogen and oxygen atoms in total. The summed E-state index contributed by atoms with van der Waals surface area (Å²) in [7, 11) is 0. The molecule has 0 amide bonds. The number of hydrogen-bond donors (Lipinski definition) is 0. The molecule has 0 atom stereocenters. The molecule has 226 valence electrons. The fourth-order valence-electron chi connectivity index (χ4n) is 6.91. The van der Waals surface area contributed by atoms with E-state index < -0.39 is 0 Å². The lowest BCUT2D eigenvalue weighted by molar-refractivity contribution is 1.29.